The van der Waals surface area contributed by atoms with Crippen molar-refractivity contribution in [2.75, 3.05) is 0 Å². The van der Waals surface area contributed by atoms with E-state index in [4.69, 9.17) is 0 Å². The molecule has 0 bridgehead atoms. The van der Waals surface area contributed by atoms with Crippen LogP contribution in [0, 0.1) is 18.6 Å². The second-order valence-corrected chi connectivity index (χ2v) is 5.19. The minimum Gasteiger partial charge on any atom is -0.360 e. The summed E-state index contributed by atoms with van der Waals surface area (Å²) in [6.45, 7) is 1.47. The summed E-state index contributed by atoms with van der Waals surface area (Å²) < 4.78 is 26.5. The monoisotopic (exact) mass is 317 g/mol. The predicted octanol–water partition coefficient (Wildman–Crippen LogP) is 3.18. The first-order chi connectivity index (χ1) is 11.0. The van der Waals surface area contributed by atoms with Crippen molar-refractivity contribution >= 4 is 16.8 Å². The minimum absolute atomic E-state index is 0.00107. The summed E-state index contributed by atoms with van der Waals surface area (Å²) in [5.41, 5.74) is 1.74. The zero-order valence-electron chi connectivity index (χ0n) is 12.2. The predicted molar refractivity (Wildman–Crippen MR) is 78.8 cm³/mol. The molecule has 2 aromatic heterocycles. The molecule has 5 nitrogen and oxygen atoms in total. The lowest BCUT2D eigenvalue weighted by Gasteiger charge is -2.15. The van der Waals surface area contributed by atoms with E-state index in [1.54, 1.807) is 12.3 Å². The molecule has 7 heteroatoms. The molecule has 0 spiro atoms. The maximum atomic E-state index is 13.6. The average molecular weight is 317 g/mol. The normalized spacial score (nSPS) is 11.0. The fourth-order valence-electron chi connectivity index (χ4n) is 2.29. The fraction of sp³-hybridized carbons (Fsp3) is 0.125. The number of H-pyrrole nitrogens is 1. The third-order valence-electron chi connectivity index (χ3n) is 3.56. The third-order valence-corrected chi connectivity index (χ3v) is 3.56. The Labute approximate surface area is 130 Å². The van der Waals surface area contributed by atoms with Crippen molar-refractivity contribution in [3.8, 4) is 0 Å². The van der Waals surface area contributed by atoms with E-state index in [2.05, 4.69) is 9.97 Å². The van der Waals surface area contributed by atoms with E-state index < -0.39 is 24.1 Å². The molecule has 0 radical (unpaired) electrons. The lowest BCUT2D eigenvalue weighted by molar-refractivity contribution is -0.0657. The molecule has 0 aliphatic carbocycles. The first-order valence-electron chi connectivity index (χ1n) is 6.84. The van der Waals surface area contributed by atoms with Gasteiger partial charge in [0.2, 0.25) is 0 Å². The highest BCUT2D eigenvalue weighted by atomic mass is 19.1. The molecule has 2 N–H and O–H groups in total. The van der Waals surface area contributed by atoms with Crippen LogP contribution in [-0.2, 0) is 6.54 Å². The van der Waals surface area contributed by atoms with Crippen LogP contribution < -0.4 is 0 Å². The van der Waals surface area contributed by atoms with Crippen molar-refractivity contribution in [2.24, 2.45) is 0 Å². The molecule has 0 fully saturated rings. The highest BCUT2D eigenvalue weighted by Gasteiger charge is 2.18. The molecule has 1 amide bonds. The van der Waals surface area contributed by atoms with Crippen LogP contribution in [0.25, 0.3) is 10.9 Å². The van der Waals surface area contributed by atoms with E-state index in [1.807, 2.05) is 6.92 Å². The van der Waals surface area contributed by atoms with Crippen LogP contribution in [0.15, 0.2) is 36.7 Å². The highest BCUT2D eigenvalue weighted by Crippen LogP contribution is 2.18. The molecule has 0 unspecified atom stereocenters. The van der Waals surface area contributed by atoms with Gasteiger partial charge in [0, 0.05) is 23.2 Å². The van der Waals surface area contributed by atoms with E-state index in [0.717, 1.165) is 22.5 Å². The Bertz CT molecular complexity index is 892. The van der Waals surface area contributed by atoms with Gasteiger partial charge >= 0.3 is 0 Å². The van der Waals surface area contributed by atoms with Crippen molar-refractivity contribution in [1.82, 2.24) is 15.0 Å². The molecule has 2 heterocycles. The molecule has 0 aliphatic rings. The Balaban J connectivity index is 1.84. The molecule has 3 aromatic rings. The number of amides is 1. The SMILES string of the molecule is Cc1c[nH]c2cnc(C(=O)N(O)Cc3ccc(F)cc3F)cc12. The van der Waals surface area contributed by atoms with Gasteiger partial charge in [-0.3, -0.25) is 10.0 Å². The van der Waals surface area contributed by atoms with Crippen LogP contribution >= 0.6 is 0 Å². The summed E-state index contributed by atoms with van der Waals surface area (Å²) >= 11 is 0. The highest BCUT2D eigenvalue weighted by molar-refractivity contribution is 5.95. The summed E-state index contributed by atoms with van der Waals surface area (Å²) in [5, 5.41) is 11.0. The third kappa shape index (κ3) is 2.91. The number of carbonyl (C=O) groups excluding carboxylic acids is 1. The molecule has 1 aromatic carbocycles. The van der Waals surface area contributed by atoms with Gasteiger partial charge in [0.1, 0.15) is 17.3 Å². The Hall–Kier alpha value is -2.80. The Morgan fingerprint density at radius 3 is 2.87 bits per heavy atom. The number of nitrogens with one attached hydrogen (secondary N) is 1. The molecule has 0 saturated carbocycles. The largest absolute Gasteiger partial charge is 0.360 e. The van der Waals surface area contributed by atoms with Crippen molar-refractivity contribution < 1.29 is 18.8 Å². The zero-order chi connectivity index (χ0) is 16.6. The standard InChI is InChI=1S/C16H13F2N3O2/c1-9-6-19-15-7-20-14(5-12(9)15)16(22)21(23)8-10-2-3-11(17)4-13(10)18/h2-7,19,23H,8H2,1H3. The van der Waals surface area contributed by atoms with Gasteiger partial charge in [-0.05, 0) is 24.6 Å². The molecule has 3 rings (SSSR count). The second-order valence-electron chi connectivity index (χ2n) is 5.19. The molecule has 118 valence electrons. The maximum Gasteiger partial charge on any atom is 0.296 e. The Morgan fingerprint density at radius 1 is 1.35 bits per heavy atom. The Kier molecular flexibility index (Phi) is 3.79. The van der Waals surface area contributed by atoms with Crippen molar-refractivity contribution in [1.29, 1.82) is 0 Å². The average Bonchev–Trinajstić information content (AvgIpc) is 2.90. The molecule has 0 aliphatic heterocycles. The number of benzene rings is 1. The number of carbonyl (C=O) groups is 1. The van der Waals surface area contributed by atoms with E-state index >= 15 is 0 Å². The first-order valence-corrected chi connectivity index (χ1v) is 6.84. The van der Waals surface area contributed by atoms with Gasteiger partial charge in [-0.25, -0.2) is 18.8 Å². The first kappa shape index (κ1) is 15.1. The number of pyridine rings is 1. The van der Waals surface area contributed by atoms with Crippen LogP contribution in [-0.4, -0.2) is 26.1 Å². The summed E-state index contributed by atoms with van der Waals surface area (Å²) in [6, 6.07) is 4.48. The van der Waals surface area contributed by atoms with Gasteiger partial charge in [0.25, 0.3) is 5.91 Å². The zero-order valence-corrected chi connectivity index (χ0v) is 12.2. The second kappa shape index (κ2) is 5.77. The summed E-state index contributed by atoms with van der Waals surface area (Å²) in [7, 11) is 0. The number of hydrogen-bond donors (Lipinski definition) is 2. The van der Waals surface area contributed by atoms with Crippen LogP contribution in [0.1, 0.15) is 21.6 Å². The summed E-state index contributed by atoms with van der Waals surface area (Å²) in [6.07, 6.45) is 3.27. The minimum atomic E-state index is -0.832. The van der Waals surface area contributed by atoms with Crippen LogP contribution in [0.4, 0.5) is 8.78 Å². The quantitative estimate of drug-likeness (QED) is 0.576. The van der Waals surface area contributed by atoms with E-state index in [1.165, 1.54) is 12.3 Å². The number of rotatable bonds is 3. The van der Waals surface area contributed by atoms with Crippen molar-refractivity contribution in [2.45, 2.75) is 13.5 Å². The van der Waals surface area contributed by atoms with Crippen LogP contribution in [0.2, 0.25) is 0 Å². The van der Waals surface area contributed by atoms with Gasteiger partial charge in [0.05, 0.1) is 18.3 Å². The lowest BCUT2D eigenvalue weighted by Crippen LogP contribution is -2.28. The van der Waals surface area contributed by atoms with Gasteiger partial charge in [-0.15, -0.1) is 0 Å². The number of fused-ring (bicyclic) bond motifs is 1. The van der Waals surface area contributed by atoms with Gasteiger partial charge < -0.3 is 4.98 Å². The number of aromatic nitrogens is 2. The number of halogens is 2. The van der Waals surface area contributed by atoms with Crippen LogP contribution in [0.3, 0.4) is 0 Å². The van der Waals surface area contributed by atoms with Gasteiger partial charge in [-0.2, -0.15) is 0 Å². The molecular weight excluding hydrogens is 304 g/mol. The number of hydroxylamine groups is 2. The number of aryl methyl sites for hydroxylation is 1. The number of hydrogen-bond acceptors (Lipinski definition) is 3. The van der Waals surface area contributed by atoms with E-state index in [9.17, 15) is 18.8 Å². The maximum absolute atomic E-state index is 13.6. The summed E-state index contributed by atoms with van der Waals surface area (Å²) in [5.74, 6) is -2.32. The fourth-order valence-corrected chi connectivity index (χ4v) is 2.29. The number of aromatic amines is 1. The van der Waals surface area contributed by atoms with E-state index in [0.29, 0.717) is 11.1 Å². The van der Waals surface area contributed by atoms with E-state index in [-0.39, 0.29) is 11.3 Å². The number of nitrogens with zero attached hydrogens (tertiary/aromatic N) is 2. The van der Waals surface area contributed by atoms with Crippen molar-refractivity contribution in [3.05, 3.63) is 65.1 Å². The topological polar surface area (TPSA) is 69.2 Å². The van der Waals surface area contributed by atoms with Gasteiger partial charge in [-0.1, -0.05) is 6.07 Å². The van der Waals surface area contributed by atoms with Gasteiger partial charge in [0.15, 0.2) is 0 Å². The molecular formula is C16H13F2N3O2. The molecule has 23 heavy (non-hydrogen) atoms. The van der Waals surface area contributed by atoms with Crippen LogP contribution in [0.5, 0.6) is 0 Å². The lowest BCUT2D eigenvalue weighted by atomic mass is 10.2. The molecule has 0 atom stereocenters. The Morgan fingerprint density at radius 2 is 2.13 bits per heavy atom. The molecule has 0 saturated heterocycles. The summed E-state index contributed by atoms with van der Waals surface area (Å²) in [4.78, 5) is 19.2. The smallest absolute Gasteiger partial charge is 0.296 e. The van der Waals surface area contributed by atoms with Crippen molar-refractivity contribution in [3.63, 3.8) is 0 Å².